The predicted octanol–water partition coefficient (Wildman–Crippen LogP) is 3.13. The summed E-state index contributed by atoms with van der Waals surface area (Å²) in [6, 6.07) is 11.7. The fourth-order valence-corrected chi connectivity index (χ4v) is 5.60. The molecule has 4 rings (SSSR count). The SMILES string of the molecule is CN=C(NCC(C)CN1CCOCC1)N1CCC2C(CCCN2Cc2ccccc2)C1.I. The summed E-state index contributed by atoms with van der Waals surface area (Å²) in [6.45, 7) is 12.9. The third kappa shape index (κ3) is 7.05. The van der Waals surface area contributed by atoms with E-state index in [1.807, 2.05) is 7.05 Å². The molecule has 3 aliphatic heterocycles. The highest BCUT2D eigenvalue weighted by molar-refractivity contribution is 14.0. The molecule has 0 aromatic heterocycles. The molecule has 180 valence electrons. The van der Waals surface area contributed by atoms with Gasteiger partial charge in [0.15, 0.2) is 5.96 Å². The summed E-state index contributed by atoms with van der Waals surface area (Å²) in [5.41, 5.74) is 1.44. The molecule has 7 heteroatoms. The van der Waals surface area contributed by atoms with Crippen LogP contribution in [0.5, 0.6) is 0 Å². The molecule has 0 radical (unpaired) electrons. The van der Waals surface area contributed by atoms with Crippen molar-refractivity contribution in [2.24, 2.45) is 16.8 Å². The Hall–Kier alpha value is -0.900. The number of likely N-dealkylation sites (tertiary alicyclic amines) is 2. The lowest BCUT2D eigenvalue weighted by atomic mass is 9.83. The standard InChI is InChI=1S/C25H41N5O.HI/c1-21(18-28-13-15-31-16-14-28)17-27-25(26-2)30-12-10-24-23(20-30)9-6-11-29(24)19-22-7-4-3-5-8-22;/h3-5,7-8,21,23-24H,6,9-20H2,1-2H3,(H,26,27);1H. The zero-order valence-corrected chi connectivity index (χ0v) is 22.2. The number of rotatable bonds is 6. The number of nitrogens with zero attached hydrogens (tertiary/aromatic N) is 4. The Labute approximate surface area is 211 Å². The monoisotopic (exact) mass is 555 g/mol. The van der Waals surface area contributed by atoms with Gasteiger partial charge in [0.05, 0.1) is 13.2 Å². The van der Waals surface area contributed by atoms with Crippen LogP contribution in [-0.4, -0.2) is 92.8 Å². The molecule has 1 aromatic carbocycles. The maximum Gasteiger partial charge on any atom is 0.193 e. The summed E-state index contributed by atoms with van der Waals surface area (Å²) in [6.07, 6.45) is 3.89. The third-order valence-electron chi connectivity index (χ3n) is 7.21. The molecular weight excluding hydrogens is 513 g/mol. The van der Waals surface area contributed by atoms with E-state index in [9.17, 15) is 0 Å². The van der Waals surface area contributed by atoms with Gasteiger partial charge >= 0.3 is 0 Å². The highest BCUT2D eigenvalue weighted by Gasteiger charge is 2.36. The third-order valence-corrected chi connectivity index (χ3v) is 7.21. The van der Waals surface area contributed by atoms with Crippen LogP contribution in [0.2, 0.25) is 0 Å². The molecule has 1 aromatic rings. The van der Waals surface area contributed by atoms with E-state index in [0.717, 1.165) is 70.9 Å². The maximum absolute atomic E-state index is 5.47. The van der Waals surface area contributed by atoms with E-state index in [2.05, 4.69) is 62.3 Å². The van der Waals surface area contributed by atoms with E-state index in [-0.39, 0.29) is 24.0 Å². The molecule has 32 heavy (non-hydrogen) atoms. The number of hydrogen-bond acceptors (Lipinski definition) is 4. The molecule has 3 fully saturated rings. The van der Waals surface area contributed by atoms with Gasteiger partial charge in [-0.25, -0.2) is 0 Å². The number of ether oxygens (including phenoxy) is 1. The number of halogens is 1. The fraction of sp³-hybridized carbons (Fsp3) is 0.720. The number of hydrogen-bond donors (Lipinski definition) is 1. The molecule has 3 saturated heterocycles. The largest absolute Gasteiger partial charge is 0.379 e. The number of aliphatic imine (C=N–C) groups is 1. The van der Waals surface area contributed by atoms with Crippen molar-refractivity contribution in [3.05, 3.63) is 35.9 Å². The number of guanidine groups is 1. The predicted molar refractivity (Wildman–Crippen MR) is 143 cm³/mol. The van der Waals surface area contributed by atoms with Crippen LogP contribution in [-0.2, 0) is 11.3 Å². The highest BCUT2D eigenvalue weighted by Crippen LogP contribution is 2.31. The first-order chi connectivity index (χ1) is 15.2. The van der Waals surface area contributed by atoms with Crippen LogP contribution < -0.4 is 5.32 Å². The average molecular weight is 556 g/mol. The minimum Gasteiger partial charge on any atom is -0.379 e. The summed E-state index contributed by atoms with van der Waals surface area (Å²) in [5.74, 6) is 2.44. The van der Waals surface area contributed by atoms with Crippen molar-refractivity contribution >= 4 is 29.9 Å². The molecule has 0 bridgehead atoms. The van der Waals surface area contributed by atoms with E-state index in [1.165, 1.54) is 31.4 Å². The summed E-state index contributed by atoms with van der Waals surface area (Å²) >= 11 is 0. The van der Waals surface area contributed by atoms with Crippen LogP contribution in [0.3, 0.4) is 0 Å². The zero-order chi connectivity index (χ0) is 21.5. The molecule has 3 aliphatic rings. The molecule has 3 atom stereocenters. The molecule has 6 nitrogen and oxygen atoms in total. The molecule has 0 spiro atoms. The Kier molecular flexibility index (Phi) is 10.5. The van der Waals surface area contributed by atoms with Gasteiger partial charge in [-0.2, -0.15) is 0 Å². The minimum absolute atomic E-state index is 0. The number of piperidine rings is 2. The van der Waals surface area contributed by atoms with E-state index < -0.39 is 0 Å². The Morgan fingerprint density at radius 2 is 1.91 bits per heavy atom. The average Bonchev–Trinajstić information content (AvgIpc) is 2.81. The quantitative estimate of drug-likeness (QED) is 0.332. The van der Waals surface area contributed by atoms with E-state index in [4.69, 9.17) is 4.74 Å². The molecule has 3 unspecified atom stereocenters. The number of nitrogens with one attached hydrogen (secondary N) is 1. The van der Waals surface area contributed by atoms with Crippen LogP contribution >= 0.6 is 24.0 Å². The maximum atomic E-state index is 5.47. The van der Waals surface area contributed by atoms with Crippen molar-refractivity contribution in [3.63, 3.8) is 0 Å². The first kappa shape index (κ1) is 25.7. The van der Waals surface area contributed by atoms with Crippen LogP contribution in [0.4, 0.5) is 0 Å². The van der Waals surface area contributed by atoms with Gasteiger partial charge in [-0.3, -0.25) is 14.8 Å². The van der Waals surface area contributed by atoms with Crippen molar-refractivity contribution in [2.75, 3.05) is 66.1 Å². The van der Waals surface area contributed by atoms with Crippen LogP contribution in [0.1, 0.15) is 31.7 Å². The lowest BCUT2D eigenvalue weighted by Crippen LogP contribution is -2.57. The van der Waals surface area contributed by atoms with Gasteiger partial charge in [0.1, 0.15) is 0 Å². The normalized spacial score (nSPS) is 26.2. The Morgan fingerprint density at radius 1 is 1.12 bits per heavy atom. The van der Waals surface area contributed by atoms with E-state index in [0.29, 0.717) is 12.0 Å². The van der Waals surface area contributed by atoms with E-state index in [1.54, 1.807) is 0 Å². The summed E-state index contributed by atoms with van der Waals surface area (Å²) < 4.78 is 5.47. The second kappa shape index (κ2) is 13.1. The van der Waals surface area contributed by atoms with Gasteiger partial charge in [0.2, 0.25) is 0 Å². The van der Waals surface area contributed by atoms with Crippen molar-refractivity contribution in [3.8, 4) is 0 Å². The Morgan fingerprint density at radius 3 is 2.66 bits per heavy atom. The summed E-state index contributed by atoms with van der Waals surface area (Å²) in [5, 5.41) is 3.68. The van der Waals surface area contributed by atoms with Gasteiger partial charge in [-0.05, 0) is 43.2 Å². The second-order valence-corrected chi connectivity index (χ2v) is 9.61. The van der Waals surface area contributed by atoms with Crippen molar-refractivity contribution < 1.29 is 4.74 Å². The number of morpholine rings is 1. The first-order valence-corrected chi connectivity index (χ1v) is 12.3. The lowest BCUT2D eigenvalue weighted by Gasteiger charge is -2.48. The molecule has 0 aliphatic carbocycles. The number of benzene rings is 1. The van der Waals surface area contributed by atoms with Crippen molar-refractivity contribution in [1.82, 2.24) is 20.0 Å². The molecule has 1 N–H and O–H groups in total. The van der Waals surface area contributed by atoms with Gasteiger partial charge in [-0.15, -0.1) is 24.0 Å². The summed E-state index contributed by atoms with van der Waals surface area (Å²) in [7, 11) is 1.93. The Balaban J connectivity index is 0.00000289. The van der Waals surface area contributed by atoms with Crippen molar-refractivity contribution in [2.45, 2.75) is 38.8 Å². The lowest BCUT2D eigenvalue weighted by molar-refractivity contribution is 0.0315. The van der Waals surface area contributed by atoms with E-state index >= 15 is 0 Å². The van der Waals surface area contributed by atoms with Gasteiger partial charge in [0, 0.05) is 58.9 Å². The van der Waals surface area contributed by atoms with Crippen molar-refractivity contribution in [1.29, 1.82) is 0 Å². The van der Waals surface area contributed by atoms with Gasteiger partial charge in [0.25, 0.3) is 0 Å². The van der Waals surface area contributed by atoms with Crippen LogP contribution in [0, 0.1) is 11.8 Å². The molecule has 0 saturated carbocycles. The zero-order valence-electron chi connectivity index (χ0n) is 19.9. The molecule has 3 heterocycles. The van der Waals surface area contributed by atoms with Crippen LogP contribution in [0.15, 0.2) is 35.3 Å². The molecule has 0 amide bonds. The Bertz CT molecular complexity index is 697. The number of fused-ring (bicyclic) bond motifs is 1. The highest BCUT2D eigenvalue weighted by atomic mass is 127. The second-order valence-electron chi connectivity index (χ2n) is 9.61. The molecular formula is C25H42IN5O. The van der Waals surface area contributed by atoms with Gasteiger partial charge in [-0.1, -0.05) is 37.3 Å². The van der Waals surface area contributed by atoms with Crippen LogP contribution in [0.25, 0.3) is 0 Å². The fourth-order valence-electron chi connectivity index (χ4n) is 5.60. The summed E-state index contributed by atoms with van der Waals surface area (Å²) in [4.78, 5) is 12.4. The first-order valence-electron chi connectivity index (χ1n) is 12.3. The minimum atomic E-state index is 0. The smallest absolute Gasteiger partial charge is 0.193 e. The topological polar surface area (TPSA) is 43.3 Å². The van der Waals surface area contributed by atoms with Gasteiger partial charge < -0.3 is 15.0 Å².